The zero-order valence-electron chi connectivity index (χ0n) is 44.5. The van der Waals surface area contributed by atoms with E-state index in [4.69, 9.17) is 18.9 Å². The Morgan fingerprint density at radius 2 is 0.739 bits per heavy atom. The molecule has 12 nitrogen and oxygen atoms in total. The summed E-state index contributed by atoms with van der Waals surface area (Å²) in [7, 11) is -4.60. The van der Waals surface area contributed by atoms with Crippen LogP contribution < -0.4 is 0 Å². The summed E-state index contributed by atoms with van der Waals surface area (Å²) in [5.74, 6) is -1.95. The molecule has 0 aliphatic carbocycles. The van der Waals surface area contributed by atoms with Gasteiger partial charge in [-0.25, -0.2) is 0 Å². The van der Waals surface area contributed by atoms with Crippen molar-refractivity contribution in [2.75, 3.05) is 19.0 Å². The first-order chi connectivity index (χ1) is 33.5. The smallest absolute Gasteiger partial charge is 0.306 e. The van der Waals surface area contributed by atoms with Gasteiger partial charge in [-0.3, -0.25) is 14.1 Å². The van der Waals surface area contributed by atoms with Gasteiger partial charge in [-0.1, -0.05) is 264 Å². The van der Waals surface area contributed by atoms with E-state index < -0.39 is 71.2 Å². The lowest BCUT2D eigenvalue weighted by atomic mass is 10.00. The molecule has 0 amide bonds. The fourth-order valence-electron chi connectivity index (χ4n) is 9.45. The number of aliphatic hydroxyl groups is 3. The normalized spacial score (nSPS) is 19.0. The molecule has 1 aliphatic rings. The van der Waals surface area contributed by atoms with Crippen molar-refractivity contribution in [3.8, 4) is 0 Å². The first kappa shape index (κ1) is 65.7. The van der Waals surface area contributed by atoms with E-state index in [0.717, 1.165) is 38.5 Å². The second kappa shape index (κ2) is 46.4. The quantitative estimate of drug-likeness (QED) is 0.0257. The first-order valence-corrected chi connectivity index (χ1v) is 30.7. The maximum atomic E-state index is 12.9. The topological polar surface area (TPSA) is 186 Å². The Labute approximate surface area is 423 Å². The van der Waals surface area contributed by atoms with Crippen molar-refractivity contribution in [2.45, 2.75) is 327 Å². The number of hydrogen-bond acceptors (Lipinski definition) is 11. The lowest BCUT2D eigenvalue weighted by Gasteiger charge is -2.40. The number of rotatable bonds is 51. The molecule has 1 rings (SSSR count). The summed E-state index contributed by atoms with van der Waals surface area (Å²) in [4.78, 5) is 25.6. The van der Waals surface area contributed by atoms with Crippen molar-refractivity contribution >= 4 is 22.1 Å². The van der Waals surface area contributed by atoms with Crippen LogP contribution in [0.3, 0.4) is 0 Å². The van der Waals surface area contributed by atoms with Gasteiger partial charge >= 0.3 is 11.9 Å². The second-order valence-electron chi connectivity index (χ2n) is 20.7. The predicted octanol–water partition coefficient (Wildman–Crippen LogP) is 14.0. The fraction of sp³-hybridized carbons (Fsp3) is 0.964. The Balaban J connectivity index is 2.29. The third kappa shape index (κ3) is 40.8. The third-order valence-corrected chi connectivity index (χ3v) is 14.7. The summed E-state index contributed by atoms with van der Waals surface area (Å²) in [5.41, 5.74) is 0. The SMILES string of the molecule is CCCCCCCCCCCCCCCCCCCCCCCC(=O)OC[C@H](CO[C@H]1O[C@H](CS(=O)(=O)O)[C@@H](O)C(O)C1O)OC(=O)CCCCCCCCCCCCCCCCCCCCCC. The number of unbranched alkanes of at least 4 members (excludes halogenated alkanes) is 39. The minimum Gasteiger partial charge on any atom is -0.462 e. The van der Waals surface area contributed by atoms with Crippen LogP contribution in [0.5, 0.6) is 0 Å². The van der Waals surface area contributed by atoms with Crippen LogP contribution in [-0.4, -0.2) is 96.0 Å². The Bertz CT molecular complexity index is 1270. The van der Waals surface area contributed by atoms with Gasteiger partial charge in [0.2, 0.25) is 0 Å². The van der Waals surface area contributed by atoms with Gasteiger partial charge < -0.3 is 34.3 Å². The van der Waals surface area contributed by atoms with E-state index in [0.29, 0.717) is 12.8 Å². The molecule has 2 unspecified atom stereocenters. The number of carbonyl (C=O) groups excluding carboxylic acids is 2. The van der Waals surface area contributed by atoms with Gasteiger partial charge in [0.15, 0.2) is 12.4 Å². The zero-order valence-corrected chi connectivity index (χ0v) is 45.3. The summed E-state index contributed by atoms with van der Waals surface area (Å²) in [6, 6.07) is 0. The number of aliphatic hydroxyl groups excluding tert-OH is 3. The maximum Gasteiger partial charge on any atom is 0.306 e. The molecule has 1 heterocycles. The third-order valence-electron chi connectivity index (χ3n) is 13.9. The molecule has 1 aliphatic heterocycles. The molecule has 6 atom stereocenters. The number of carbonyl (C=O) groups is 2. The van der Waals surface area contributed by atoms with Crippen LogP contribution in [0.1, 0.15) is 290 Å². The van der Waals surface area contributed by atoms with Gasteiger partial charge in [0, 0.05) is 12.8 Å². The lowest BCUT2D eigenvalue weighted by Crippen LogP contribution is -2.60. The van der Waals surface area contributed by atoms with Crippen molar-refractivity contribution in [3.63, 3.8) is 0 Å². The second-order valence-corrected chi connectivity index (χ2v) is 22.2. The Hall–Kier alpha value is -1.35. The molecule has 0 aromatic heterocycles. The molecule has 0 bridgehead atoms. The molecule has 0 aromatic rings. The van der Waals surface area contributed by atoms with Crippen LogP contribution >= 0.6 is 0 Å². The van der Waals surface area contributed by atoms with Gasteiger partial charge in [-0.05, 0) is 12.8 Å². The van der Waals surface area contributed by atoms with Gasteiger partial charge in [0.1, 0.15) is 36.8 Å². The minimum absolute atomic E-state index is 0.173. The van der Waals surface area contributed by atoms with E-state index >= 15 is 0 Å². The molecule has 410 valence electrons. The summed E-state index contributed by atoms with van der Waals surface area (Å²) < 4.78 is 54.4. The van der Waals surface area contributed by atoms with E-state index in [2.05, 4.69) is 13.8 Å². The molecular weight excluding hydrogens is 897 g/mol. The molecule has 1 fully saturated rings. The average molecular weight is 1010 g/mol. The van der Waals surface area contributed by atoms with Crippen molar-refractivity contribution < 1.29 is 56.8 Å². The molecule has 0 radical (unpaired) electrons. The van der Waals surface area contributed by atoms with Crippen LogP contribution in [0.2, 0.25) is 0 Å². The van der Waals surface area contributed by atoms with Crippen molar-refractivity contribution in [2.24, 2.45) is 0 Å². The molecule has 0 spiro atoms. The highest BCUT2D eigenvalue weighted by atomic mass is 32.2. The van der Waals surface area contributed by atoms with Crippen molar-refractivity contribution in [3.05, 3.63) is 0 Å². The van der Waals surface area contributed by atoms with E-state index in [1.165, 1.54) is 212 Å². The Kier molecular flexibility index (Phi) is 44.2. The average Bonchev–Trinajstić information content (AvgIpc) is 3.32. The highest BCUT2D eigenvalue weighted by molar-refractivity contribution is 7.85. The Morgan fingerprint density at radius 1 is 0.435 bits per heavy atom. The summed E-state index contributed by atoms with van der Waals surface area (Å²) in [6.07, 6.45) is 42.9. The molecule has 0 aromatic carbocycles. The van der Waals surface area contributed by atoms with Crippen molar-refractivity contribution in [1.82, 2.24) is 0 Å². The van der Waals surface area contributed by atoms with Crippen LogP contribution in [0.25, 0.3) is 0 Å². The largest absolute Gasteiger partial charge is 0.462 e. The van der Waals surface area contributed by atoms with E-state index in [1.54, 1.807) is 0 Å². The monoisotopic (exact) mass is 1000 g/mol. The Morgan fingerprint density at radius 3 is 1.06 bits per heavy atom. The highest BCUT2D eigenvalue weighted by Gasteiger charge is 2.46. The highest BCUT2D eigenvalue weighted by Crippen LogP contribution is 2.24. The fourth-order valence-corrected chi connectivity index (χ4v) is 10.1. The van der Waals surface area contributed by atoms with Crippen molar-refractivity contribution in [1.29, 1.82) is 0 Å². The number of hydrogen-bond donors (Lipinski definition) is 4. The van der Waals surface area contributed by atoms with Gasteiger partial charge in [0.05, 0.1) is 6.61 Å². The predicted molar refractivity (Wildman–Crippen MR) is 280 cm³/mol. The van der Waals surface area contributed by atoms with E-state index in [9.17, 15) is 37.9 Å². The molecule has 13 heteroatoms. The summed E-state index contributed by atoms with van der Waals surface area (Å²) in [6.45, 7) is 3.84. The van der Waals surface area contributed by atoms with Crippen LogP contribution in [-0.2, 0) is 38.7 Å². The van der Waals surface area contributed by atoms with Gasteiger partial charge in [-0.2, -0.15) is 8.42 Å². The molecule has 0 saturated carbocycles. The first-order valence-electron chi connectivity index (χ1n) is 29.1. The molecular formula is C56H108O12S. The number of esters is 2. The zero-order chi connectivity index (χ0) is 50.5. The van der Waals surface area contributed by atoms with Crippen LogP contribution in [0, 0.1) is 0 Å². The molecule has 4 N–H and O–H groups in total. The number of ether oxygens (including phenoxy) is 4. The van der Waals surface area contributed by atoms with Crippen LogP contribution in [0.4, 0.5) is 0 Å². The summed E-state index contributed by atoms with van der Waals surface area (Å²) in [5, 5.41) is 31.1. The van der Waals surface area contributed by atoms with E-state index in [-0.39, 0.29) is 19.4 Å². The lowest BCUT2D eigenvalue weighted by molar-refractivity contribution is -0.297. The van der Waals surface area contributed by atoms with E-state index in [1.807, 2.05) is 0 Å². The van der Waals surface area contributed by atoms with Gasteiger partial charge in [0.25, 0.3) is 10.1 Å². The molecule has 1 saturated heterocycles. The van der Waals surface area contributed by atoms with Crippen LogP contribution in [0.15, 0.2) is 0 Å². The summed E-state index contributed by atoms with van der Waals surface area (Å²) >= 11 is 0. The minimum atomic E-state index is -4.60. The standard InChI is InChI=1S/C56H108O12S/c1-3-5-7-9-11-13-15-17-19-21-23-25-27-28-30-32-34-36-38-40-42-44-51(57)65-46-49(47-66-56-55(61)54(60)53(59)50(68-56)48-69(62,63)64)67-52(58)45-43-41-39-37-35-33-31-29-26-24-22-20-18-16-14-12-10-8-6-4-2/h49-50,53-56,59-61H,3-48H2,1-2H3,(H,62,63,64)/t49-,50-,53-,54?,55?,56+/m1/s1. The maximum absolute atomic E-state index is 12.9. The molecule has 69 heavy (non-hydrogen) atoms. The van der Waals surface area contributed by atoms with Gasteiger partial charge in [-0.15, -0.1) is 0 Å².